The van der Waals surface area contributed by atoms with Gasteiger partial charge < -0.3 is 9.80 Å². The summed E-state index contributed by atoms with van der Waals surface area (Å²) in [6.45, 7) is 8.90. The van der Waals surface area contributed by atoms with Crippen LogP contribution in [0.25, 0.3) is 0 Å². The third-order valence-corrected chi connectivity index (χ3v) is 3.51. The first-order valence-electron chi connectivity index (χ1n) is 6.40. The second-order valence-electron chi connectivity index (χ2n) is 5.73. The smallest absolute Gasteiger partial charge is 0.228 e. The first-order valence-corrected chi connectivity index (χ1v) is 7.19. The summed E-state index contributed by atoms with van der Waals surface area (Å²) >= 11 is 3.32. The van der Waals surface area contributed by atoms with Gasteiger partial charge in [-0.1, -0.05) is 20.8 Å². The van der Waals surface area contributed by atoms with E-state index >= 15 is 0 Å². The van der Waals surface area contributed by atoms with Crippen molar-refractivity contribution in [1.82, 2.24) is 14.9 Å². The van der Waals surface area contributed by atoms with Gasteiger partial charge in [-0.25, -0.2) is 9.97 Å². The van der Waals surface area contributed by atoms with Gasteiger partial charge in [0, 0.05) is 44.0 Å². The quantitative estimate of drug-likeness (QED) is 0.791. The molecule has 0 radical (unpaired) electrons. The molecule has 1 aliphatic rings. The Balaban J connectivity index is 1.96. The van der Waals surface area contributed by atoms with Gasteiger partial charge >= 0.3 is 0 Å². The molecular weight excluding hydrogens is 308 g/mol. The maximum atomic E-state index is 12.2. The zero-order valence-electron chi connectivity index (χ0n) is 11.6. The second kappa shape index (κ2) is 5.45. The van der Waals surface area contributed by atoms with E-state index in [1.54, 1.807) is 12.4 Å². The highest BCUT2D eigenvalue weighted by atomic mass is 79.9. The molecule has 19 heavy (non-hydrogen) atoms. The van der Waals surface area contributed by atoms with E-state index in [4.69, 9.17) is 0 Å². The van der Waals surface area contributed by atoms with Crippen LogP contribution in [0.15, 0.2) is 16.9 Å². The first-order chi connectivity index (χ1) is 8.88. The SMILES string of the molecule is CC(C)(C)C(=O)N1CCN(c2ncc(Br)cn2)CC1. The molecule has 1 saturated heterocycles. The molecule has 2 rings (SSSR count). The van der Waals surface area contributed by atoms with E-state index in [0.717, 1.165) is 36.6 Å². The largest absolute Gasteiger partial charge is 0.339 e. The van der Waals surface area contributed by atoms with Crippen molar-refractivity contribution >= 4 is 27.8 Å². The number of piperazine rings is 1. The van der Waals surface area contributed by atoms with Gasteiger partial charge in [0.2, 0.25) is 11.9 Å². The number of anilines is 1. The summed E-state index contributed by atoms with van der Waals surface area (Å²) in [6.07, 6.45) is 3.49. The Hall–Kier alpha value is -1.17. The van der Waals surface area contributed by atoms with Crippen LogP contribution in [0.3, 0.4) is 0 Å². The van der Waals surface area contributed by atoms with Crippen LogP contribution in [0.2, 0.25) is 0 Å². The van der Waals surface area contributed by atoms with Gasteiger partial charge in [0.25, 0.3) is 0 Å². The van der Waals surface area contributed by atoms with Gasteiger partial charge in [-0.3, -0.25) is 4.79 Å². The third-order valence-electron chi connectivity index (χ3n) is 3.10. The molecule has 0 aliphatic carbocycles. The molecule has 5 nitrogen and oxygen atoms in total. The fourth-order valence-corrected chi connectivity index (χ4v) is 2.26. The van der Waals surface area contributed by atoms with E-state index in [-0.39, 0.29) is 11.3 Å². The zero-order chi connectivity index (χ0) is 14.0. The van der Waals surface area contributed by atoms with Crippen LogP contribution >= 0.6 is 15.9 Å². The van der Waals surface area contributed by atoms with Crippen LogP contribution in [0.1, 0.15) is 20.8 Å². The summed E-state index contributed by atoms with van der Waals surface area (Å²) in [7, 11) is 0. The second-order valence-corrected chi connectivity index (χ2v) is 6.65. The minimum absolute atomic E-state index is 0.212. The van der Waals surface area contributed by atoms with Crippen molar-refractivity contribution in [2.75, 3.05) is 31.1 Å². The molecular formula is C13H19BrN4O. The Morgan fingerprint density at radius 3 is 2.16 bits per heavy atom. The predicted octanol–water partition coefficient (Wildman–Crippen LogP) is 1.93. The molecule has 1 amide bonds. The highest BCUT2D eigenvalue weighted by Crippen LogP contribution is 2.20. The molecule has 0 aromatic carbocycles. The third kappa shape index (κ3) is 3.43. The molecule has 1 fully saturated rings. The molecule has 0 unspecified atom stereocenters. The Bertz CT molecular complexity index is 447. The van der Waals surface area contributed by atoms with E-state index < -0.39 is 0 Å². The van der Waals surface area contributed by atoms with Gasteiger partial charge in [0.15, 0.2) is 0 Å². The van der Waals surface area contributed by atoms with Crippen molar-refractivity contribution in [3.05, 3.63) is 16.9 Å². The molecule has 6 heteroatoms. The van der Waals surface area contributed by atoms with Crippen molar-refractivity contribution in [3.63, 3.8) is 0 Å². The van der Waals surface area contributed by atoms with Gasteiger partial charge in [-0.15, -0.1) is 0 Å². The number of amides is 1. The monoisotopic (exact) mass is 326 g/mol. The highest BCUT2D eigenvalue weighted by Gasteiger charge is 2.30. The lowest BCUT2D eigenvalue weighted by atomic mass is 9.94. The number of carbonyl (C=O) groups is 1. The number of halogens is 1. The molecule has 0 spiro atoms. The summed E-state index contributed by atoms with van der Waals surface area (Å²) in [6, 6.07) is 0. The van der Waals surface area contributed by atoms with E-state index in [2.05, 4.69) is 30.8 Å². The van der Waals surface area contributed by atoms with E-state index in [0.29, 0.717) is 0 Å². The average Bonchev–Trinajstić information content (AvgIpc) is 2.38. The minimum Gasteiger partial charge on any atom is -0.339 e. The maximum absolute atomic E-state index is 12.2. The van der Waals surface area contributed by atoms with Crippen LogP contribution < -0.4 is 4.90 Å². The summed E-state index contributed by atoms with van der Waals surface area (Å²) in [4.78, 5) is 24.8. The lowest BCUT2D eigenvalue weighted by molar-refractivity contribution is -0.139. The van der Waals surface area contributed by atoms with E-state index in [9.17, 15) is 4.79 Å². The molecule has 0 bridgehead atoms. The molecule has 0 atom stereocenters. The fraction of sp³-hybridized carbons (Fsp3) is 0.615. The van der Waals surface area contributed by atoms with Crippen LogP contribution in [0.5, 0.6) is 0 Å². The number of hydrogen-bond acceptors (Lipinski definition) is 4. The molecule has 1 aromatic rings. The van der Waals surface area contributed by atoms with Crippen LogP contribution in [-0.4, -0.2) is 47.0 Å². The fourth-order valence-electron chi connectivity index (χ4n) is 2.05. The number of rotatable bonds is 1. The van der Waals surface area contributed by atoms with Crippen LogP contribution in [0.4, 0.5) is 5.95 Å². The summed E-state index contributed by atoms with van der Waals surface area (Å²) in [5, 5.41) is 0. The summed E-state index contributed by atoms with van der Waals surface area (Å²) in [5.74, 6) is 0.940. The molecule has 0 saturated carbocycles. The number of aromatic nitrogens is 2. The predicted molar refractivity (Wildman–Crippen MR) is 78.0 cm³/mol. The standard InChI is InChI=1S/C13H19BrN4O/c1-13(2,3)11(19)17-4-6-18(7-5-17)12-15-8-10(14)9-16-12/h8-9H,4-7H2,1-3H3. The lowest BCUT2D eigenvalue weighted by Crippen LogP contribution is -2.52. The maximum Gasteiger partial charge on any atom is 0.228 e. The van der Waals surface area contributed by atoms with Crippen molar-refractivity contribution in [2.45, 2.75) is 20.8 Å². The molecule has 0 N–H and O–H groups in total. The van der Waals surface area contributed by atoms with Gasteiger partial charge in [0.1, 0.15) is 0 Å². The molecule has 1 aromatic heterocycles. The van der Waals surface area contributed by atoms with Crippen molar-refractivity contribution < 1.29 is 4.79 Å². The van der Waals surface area contributed by atoms with Crippen molar-refractivity contribution in [1.29, 1.82) is 0 Å². The Morgan fingerprint density at radius 1 is 1.16 bits per heavy atom. The molecule has 104 valence electrons. The topological polar surface area (TPSA) is 49.3 Å². The number of nitrogens with zero attached hydrogens (tertiary/aromatic N) is 4. The van der Waals surface area contributed by atoms with Crippen LogP contribution in [-0.2, 0) is 4.79 Å². The van der Waals surface area contributed by atoms with Crippen molar-refractivity contribution in [2.24, 2.45) is 5.41 Å². The zero-order valence-corrected chi connectivity index (χ0v) is 13.1. The van der Waals surface area contributed by atoms with Gasteiger partial charge in [-0.2, -0.15) is 0 Å². The minimum atomic E-state index is -0.309. The first kappa shape index (κ1) is 14.2. The van der Waals surface area contributed by atoms with Crippen LogP contribution in [0, 0.1) is 5.41 Å². The summed E-state index contributed by atoms with van der Waals surface area (Å²) in [5.41, 5.74) is -0.309. The van der Waals surface area contributed by atoms with Gasteiger partial charge in [0.05, 0.1) is 4.47 Å². The molecule has 2 heterocycles. The van der Waals surface area contributed by atoms with E-state index in [1.807, 2.05) is 25.7 Å². The van der Waals surface area contributed by atoms with E-state index in [1.165, 1.54) is 0 Å². The Labute approximate surface area is 122 Å². The normalized spacial score (nSPS) is 16.6. The Kier molecular flexibility index (Phi) is 4.08. The highest BCUT2D eigenvalue weighted by molar-refractivity contribution is 9.10. The summed E-state index contributed by atoms with van der Waals surface area (Å²) < 4.78 is 0.873. The molecule has 1 aliphatic heterocycles. The Morgan fingerprint density at radius 2 is 1.68 bits per heavy atom. The lowest BCUT2D eigenvalue weighted by Gasteiger charge is -2.37. The number of carbonyl (C=O) groups excluding carboxylic acids is 1. The van der Waals surface area contributed by atoms with Gasteiger partial charge in [-0.05, 0) is 15.9 Å². The average molecular weight is 327 g/mol. The number of hydrogen-bond donors (Lipinski definition) is 0. The van der Waals surface area contributed by atoms with Crippen molar-refractivity contribution in [3.8, 4) is 0 Å².